The summed E-state index contributed by atoms with van der Waals surface area (Å²) in [5.41, 5.74) is 0. The van der Waals surface area contributed by atoms with E-state index in [1.807, 2.05) is 0 Å². The summed E-state index contributed by atoms with van der Waals surface area (Å²) in [5.74, 6) is 0.290. The van der Waals surface area contributed by atoms with Crippen molar-refractivity contribution in [3.8, 4) is 0 Å². The van der Waals surface area contributed by atoms with E-state index in [-0.39, 0.29) is 5.78 Å². The molecule has 2 atom stereocenters. The lowest BCUT2D eigenvalue weighted by Gasteiger charge is -2.39. The lowest BCUT2D eigenvalue weighted by molar-refractivity contribution is -0.117. The third kappa shape index (κ3) is 3.08. The summed E-state index contributed by atoms with van der Waals surface area (Å²) in [6.07, 6.45) is 0.689. The highest BCUT2D eigenvalue weighted by atomic mass is 16.1. The summed E-state index contributed by atoms with van der Waals surface area (Å²) in [7, 11) is 0. The molecule has 0 saturated carbocycles. The molecule has 1 aliphatic heterocycles. The summed E-state index contributed by atoms with van der Waals surface area (Å²) in [6, 6.07) is 1.12. The highest BCUT2D eigenvalue weighted by Crippen LogP contribution is 2.09. The van der Waals surface area contributed by atoms with Crippen molar-refractivity contribution in [3.63, 3.8) is 0 Å². The minimum Gasteiger partial charge on any atom is -0.314 e. The second-order valence-electron chi connectivity index (χ2n) is 4.05. The standard InChI is InChI=1S/C10H20N2O/c1-8-6-11-7-9(2)12(8)5-4-10(3)13/h8-9,11H,4-7H2,1-3H3. The number of ketones is 1. The van der Waals surface area contributed by atoms with E-state index in [4.69, 9.17) is 0 Å². The van der Waals surface area contributed by atoms with E-state index in [1.165, 1.54) is 0 Å². The zero-order valence-corrected chi connectivity index (χ0v) is 8.84. The summed E-state index contributed by atoms with van der Waals surface area (Å²) in [5, 5.41) is 3.38. The number of carbonyl (C=O) groups excluding carboxylic acids is 1. The third-order valence-electron chi connectivity index (χ3n) is 2.73. The molecule has 1 heterocycles. The zero-order valence-electron chi connectivity index (χ0n) is 8.84. The first-order chi connectivity index (χ1) is 6.11. The Labute approximate surface area is 80.5 Å². The highest BCUT2D eigenvalue weighted by Gasteiger charge is 2.23. The molecule has 0 bridgehead atoms. The van der Waals surface area contributed by atoms with Crippen LogP contribution in [0.3, 0.4) is 0 Å². The molecule has 2 unspecified atom stereocenters. The van der Waals surface area contributed by atoms with Crippen LogP contribution in [0, 0.1) is 0 Å². The molecule has 1 saturated heterocycles. The molecule has 3 nitrogen and oxygen atoms in total. The number of carbonyl (C=O) groups is 1. The largest absolute Gasteiger partial charge is 0.314 e. The van der Waals surface area contributed by atoms with E-state index >= 15 is 0 Å². The van der Waals surface area contributed by atoms with Crippen molar-refractivity contribution in [2.45, 2.75) is 39.3 Å². The van der Waals surface area contributed by atoms with E-state index < -0.39 is 0 Å². The molecule has 0 aromatic carbocycles. The Kier molecular flexibility index (Phi) is 3.88. The van der Waals surface area contributed by atoms with Crippen molar-refractivity contribution in [2.24, 2.45) is 0 Å². The van der Waals surface area contributed by atoms with Crippen molar-refractivity contribution in [2.75, 3.05) is 19.6 Å². The van der Waals surface area contributed by atoms with Gasteiger partial charge in [-0.25, -0.2) is 0 Å². The second-order valence-corrected chi connectivity index (χ2v) is 4.05. The Balaban J connectivity index is 2.39. The summed E-state index contributed by atoms with van der Waals surface area (Å²) >= 11 is 0. The molecule has 1 rings (SSSR count). The number of hydrogen-bond acceptors (Lipinski definition) is 3. The van der Waals surface area contributed by atoms with E-state index in [0.717, 1.165) is 19.6 Å². The average Bonchev–Trinajstić information content (AvgIpc) is 2.03. The Morgan fingerprint density at radius 2 is 1.92 bits per heavy atom. The van der Waals surface area contributed by atoms with Gasteiger partial charge >= 0.3 is 0 Å². The normalized spacial score (nSPS) is 30.4. The van der Waals surface area contributed by atoms with Crippen molar-refractivity contribution in [3.05, 3.63) is 0 Å². The Hall–Kier alpha value is -0.410. The maximum Gasteiger partial charge on any atom is 0.131 e. The number of Topliss-reactive ketones (excluding diaryl/α,β-unsaturated/α-hetero) is 1. The van der Waals surface area contributed by atoms with E-state index in [1.54, 1.807) is 6.92 Å². The van der Waals surface area contributed by atoms with Crippen molar-refractivity contribution < 1.29 is 4.79 Å². The van der Waals surface area contributed by atoms with Gasteiger partial charge in [-0.1, -0.05) is 0 Å². The quantitative estimate of drug-likeness (QED) is 0.699. The first-order valence-corrected chi connectivity index (χ1v) is 5.07. The van der Waals surface area contributed by atoms with Crippen LogP contribution in [0.5, 0.6) is 0 Å². The molecule has 0 aromatic heterocycles. The predicted octanol–water partition coefficient (Wildman–Crippen LogP) is 0.648. The summed E-state index contributed by atoms with van der Waals surface area (Å²) in [6.45, 7) is 9.09. The Bertz CT molecular complexity index is 172. The zero-order chi connectivity index (χ0) is 9.84. The molecule has 0 spiro atoms. The van der Waals surface area contributed by atoms with E-state index in [2.05, 4.69) is 24.1 Å². The fourth-order valence-electron chi connectivity index (χ4n) is 1.90. The summed E-state index contributed by atoms with van der Waals surface area (Å²) < 4.78 is 0. The lowest BCUT2D eigenvalue weighted by atomic mass is 10.1. The molecule has 1 fully saturated rings. The number of hydrogen-bond donors (Lipinski definition) is 1. The van der Waals surface area contributed by atoms with Gasteiger partial charge in [0.15, 0.2) is 0 Å². The van der Waals surface area contributed by atoms with Gasteiger partial charge in [0.2, 0.25) is 0 Å². The van der Waals surface area contributed by atoms with Crippen LogP contribution in [0.2, 0.25) is 0 Å². The van der Waals surface area contributed by atoms with Gasteiger partial charge in [0.25, 0.3) is 0 Å². The smallest absolute Gasteiger partial charge is 0.131 e. The molecule has 13 heavy (non-hydrogen) atoms. The van der Waals surface area contributed by atoms with Gasteiger partial charge in [0, 0.05) is 38.1 Å². The predicted molar refractivity (Wildman–Crippen MR) is 53.8 cm³/mol. The van der Waals surface area contributed by atoms with E-state index in [0.29, 0.717) is 18.5 Å². The second kappa shape index (κ2) is 4.72. The molecule has 1 aliphatic rings. The maximum absolute atomic E-state index is 10.9. The minimum atomic E-state index is 0.290. The van der Waals surface area contributed by atoms with Crippen molar-refractivity contribution in [1.82, 2.24) is 10.2 Å². The minimum absolute atomic E-state index is 0.290. The van der Waals surface area contributed by atoms with Gasteiger partial charge < -0.3 is 5.32 Å². The van der Waals surface area contributed by atoms with Crippen LogP contribution in [-0.4, -0.2) is 42.4 Å². The monoisotopic (exact) mass is 184 g/mol. The van der Waals surface area contributed by atoms with Gasteiger partial charge in [-0.3, -0.25) is 9.69 Å². The lowest BCUT2D eigenvalue weighted by Crippen LogP contribution is -2.55. The topological polar surface area (TPSA) is 32.3 Å². The molecule has 0 aromatic rings. The highest BCUT2D eigenvalue weighted by molar-refractivity contribution is 5.75. The molecule has 0 aliphatic carbocycles. The molecule has 3 heteroatoms. The van der Waals surface area contributed by atoms with Crippen LogP contribution >= 0.6 is 0 Å². The fourth-order valence-corrected chi connectivity index (χ4v) is 1.90. The third-order valence-corrected chi connectivity index (χ3v) is 2.73. The van der Waals surface area contributed by atoms with Gasteiger partial charge in [-0.05, 0) is 20.8 Å². The van der Waals surface area contributed by atoms with Gasteiger partial charge in [-0.15, -0.1) is 0 Å². The molecule has 1 N–H and O–H groups in total. The fraction of sp³-hybridized carbons (Fsp3) is 0.900. The SMILES string of the molecule is CC(=O)CCN1C(C)CNCC1C. The number of rotatable bonds is 3. The molecule has 0 amide bonds. The van der Waals surface area contributed by atoms with Crippen molar-refractivity contribution in [1.29, 1.82) is 0 Å². The first-order valence-electron chi connectivity index (χ1n) is 5.07. The van der Waals surface area contributed by atoms with Gasteiger partial charge in [0.05, 0.1) is 0 Å². The van der Waals surface area contributed by atoms with Crippen LogP contribution in [0.25, 0.3) is 0 Å². The van der Waals surface area contributed by atoms with Crippen LogP contribution in [0.15, 0.2) is 0 Å². The Morgan fingerprint density at radius 1 is 1.38 bits per heavy atom. The van der Waals surface area contributed by atoms with Crippen LogP contribution in [0.1, 0.15) is 27.2 Å². The molecule has 0 radical (unpaired) electrons. The average molecular weight is 184 g/mol. The molecular weight excluding hydrogens is 164 g/mol. The molecule has 76 valence electrons. The van der Waals surface area contributed by atoms with Crippen LogP contribution < -0.4 is 5.32 Å². The maximum atomic E-state index is 10.9. The van der Waals surface area contributed by atoms with E-state index in [9.17, 15) is 4.79 Å². The van der Waals surface area contributed by atoms with Gasteiger partial charge in [-0.2, -0.15) is 0 Å². The molecular formula is C10H20N2O. The van der Waals surface area contributed by atoms with Crippen molar-refractivity contribution >= 4 is 5.78 Å². The van der Waals surface area contributed by atoms with Crippen LogP contribution in [-0.2, 0) is 4.79 Å². The van der Waals surface area contributed by atoms with Crippen LogP contribution in [0.4, 0.5) is 0 Å². The summed E-state index contributed by atoms with van der Waals surface area (Å²) in [4.78, 5) is 13.3. The Morgan fingerprint density at radius 3 is 2.38 bits per heavy atom. The number of piperazine rings is 1. The first kappa shape index (κ1) is 10.7. The van der Waals surface area contributed by atoms with Gasteiger partial charge in [0.1, 0.15) is 5.78 Å². The number of nitrogens with one attached hydrogen (secondary N) is 1. The number of nitrogens with zero attached hydrogens (tertiary/aromatic N) is 1.